The maximum Gasteiger partial charge on any atom is 0.163 e. The fourth-order valence-electron chi connectivity index (χ4n) is 6.07. The molecule has 1 heterocycles. The normalized spacial score (nSPS) is 12.1. The van der Waals surface area contributed by atoms with E-state index in [0.717, 1.165) is 66.8 Å². The molecule has 3 aromatic rings. The Morgan fingerprint density at radius 1 is 0.957 bits per heavy atom. The van der Waals surface area contributed by atoms with Gasteiger partial charge < -0.3 is 20.9 Å². The monoisotopic (exact) mass is 641 g/mol. The molecule has 3 rings (SSSR count). The second kappa shape index (κ2) is 20.3. The third kappa shape index (κ3) is 13.7. The first-order chi connectivity index (χ1) is 22.7. The number of unbranched alkanes of at least 4 members (excludes halogenated alkanes) is 2. The van der Waals surface area contributed by atoms with Gasteiger partial charge >= 0.3 is 0 Å². The number of carbonyl (C=O) groups excluding carboxylic acids is 2. The maximum atomic E-state index is 12.8. The molecule has 0 fully saturated rings. The van der Waals surface area contributed by atoms with Gasteiger partial charge in [-0.05, 0) is 116 Å². The first-order valence-electron chi connectivity index (χ1n) is 17.2. The standard InChI is InChI=1S/C40H55N3O4/c1-29(2)12-11-16-31(27-42-3)15-9-6-10-17-36(44)26-37(45)21-20-32-24-39(47-4)38(46)23-34(32)22-35-28-43-40(41)25-33(35)19-18-30-13-7-5-8-14-30/h5,7-8,13-14,20-21,23-25,28-29,31,42,46H,6,9-12,15-19,22,26-27H2,1-4H3,(H2,41,43)/t31-/m1/s1. The number of ether oxygens (including phenoxy) is 1. The number of nitrogens with one attached hydrogen (secondary N) is 1. The lowest BCUT2D eigenvalue weighted by molar-refractivity contribution is -0.124. The first kappa shape index (κ1) is 37.5. The number of nitrogens with zero attached hydrogens (tertiary/aromatic N) is 1. The number of phenols is 1. The van der Waals surface area contributed by atoms with E-state index in [1.165, 1.54) is 44.4 Å². The van der Waals surface area contributed by atoms with Crippen LogP contribution in [0.5, 0.6) is 11.5 Å². The summed E-state index contributed by atoms with van der Waals surface area (Å²) >= 11 is 0. The zero-order chi connectivity index (χ0) is 34.0. The molecule has 0 aliphatic rings. The SMILES string of the molecule is CNC[C@H](CCCCCC(=O)CC(=O)C=Cc1cc(OC)c(O)cc1Cc1cnc(N)cc1CCc1ccccc1)CCCC(C)C. The average molecular weight is 642 g/mol. The van der Waals surface area contributed by atoms with Gasteiger partial charge in [0.1, 0.15) is 11.6 Å². The third-order valence-electron chi connectivity index (χ3n) is 8.73. The van der Waals surface area contributed by atoms with Crippen LogP contribution in [0.25, 0.3) is 6.08 Å². The number of nitrogen functional groups attached to an aromatic ring is 1. The highest BCUT2D eigenvalue weighted by molar-refractivity contribution is 6.06. The second-order valence-electron chi connectivity index (χ2n) is 13.1. The number of carbonyl (C=O) groups is 2. The number of aryl methyl sites for hydroxylation is 2. The Bertz CT molecular complexity index is 1430. The van der Waals surface area contributed by atoms with Crippen molar-refractivity contribution >= 4 is 23.5 Å². The summed E-state index contributed by atoms with van der Waals surface area (Å²) in [6, 6.07) is 15.6. The lowest BCUT2D eigenvalue weighted by Gasteiger charge is -2.17. The molecule has 0 saturated heterocycles. The van der Waals surface area contributed by atoms with E-state index in [4.69, 9.17) is 10.5 Å². The number of hydrogen-bond acceptors (Lipinski definition) is 7. The number of ketones is 2. The smallest absolute Gasteiger partial charge is 0.163 e. The van der Waals surface area contributed by atoms with Crippen LogP contribution in [0, 0.1) is 11.8 Å². The van der Waals surface area contributed by atoms with Crippen LogP contribution in [0.4, 0.5) is 5.82 Å². The second-order valence-corrected chi connectivity index (χ2v) is 13.1. The molecule has 0 radical (unpaired) electrons. The van der Waals surface area contributed by atoms with E-state index in [-0.39, 0.29) is 23.7 Å². The Hall–Kier alpha value is -3.97. The summed E-state index contributed by atoms with van der Waals surface area (Å²) in [6.07, 6.45) is 15.3. The highest BCUT2D eigenvalue weighted by Gasteiger charge is 2.14. The highest BCUT2D eigenvalue weighted by Crippen LogP contribution is 2.32. The number of aromatic hydroxyl groups is 1. The Balaban J connectivity index is 1.58. The molecule has 47 heavy (non-hydrogen) atoms. The van der Waals surface area contributed by atoms with Crippen molar-refractivity contribution in [3.8, 4) is 11.5 Å². The fraction of sp³-hybridized carbons (Fsp3) is 0.475. The molecule has 7 heteroatoms. The van der Waals surface area contributed by atoms with Crippen molar-refractivity contribution < 1.29 is 19.4 Å². The summed E-state index contributed by atoms with van der Waals surface area (Å²) in [6.45, 7) is 5.59. The quantitative estimate of drug-likeness (QED) is 0.0580. The molecule has 254 valence electrons. The van der Waals surface area contributed by atoms with E-state index in [0.29, 0.717) is 30.3 Å². The van der Waals surface area contributed by atoms with Gasteiger partial charge in [-0.2, -0.15) is 0 Å². The van der Waals surface area contributed by atoms with Gasteiger partial charge in [0.25, 0.3) is 0 Å². The average Bonchev–Trinajstić information content (AvgIpc) is 3.04. The number of methoxy groups -OCH3 is 1. The van der Waals surface area contributed by atoms with Crippen molar-refractivity contribution in [1.82, 2.24) is 10.3 Å². The van der Waals surface area contributed by atoms with Gasteiger partial charge in [-0.25, -0.2) is 4.98 Å². The van der Waals surface area contributed by atoms with Gasteiger partial charge in [-0.15, -0.1) is 0 Å². The molecule has 1 atom stereocenters. The Morgan fingerprint density at radius 3 is 2.45 bits per heavy atom. The number of phenolic OH excluding ortho intramolecular Hbond substituents is 1. The van der Waals surface area contributed by atoms with Gasteiger partial charge in [-0.3, -0.25) is 9.59 Å². The molecule has 0 aliphatic heterocycles. The lowest BCUT2D eigenvalue weighted by atomic mass is 9.93. The number of aromatic nitrogens is 1. The van der Waals surface area contributed by atoms with Crippen molar-refractivity contribution in [3.63, 3.8) is 0 Å². The van der Waals surface area contributed by atoms with E-state index < -0.39 is 0 Å². The number of nitrogens with two attached hydrogens (primary N) is 1. The highest BCUT2D eigenvalue weighted by atomic mass is 16.5. The summed E-state index contributed by atoms with van der Waals surface area (Å²) < 4.78 is 5.35. The van der Waals surface area contributed by atoms with Crippen LogP contribution in [-0.4, -0.2) is 42.4 Å². The van der Waals surface area contributed by atoms with Crippen molar-refractivity contribution in [1.29, 1.82) is 0 Å². The Morgan fingerprint density at radius 2 is 1.72 bits per heavy atom. The molecule has 2 aromatic carbocycles. The molecule has 0 spiro atoms. The molecule has 0 aliphatic carbocycles. The predicted octanol–water partition coefficient (Wildman–Crippen LogP) is 7.91. The number of pyridine rings is 1. The molecular formula is C40H55N3O4. The molecule has 7 nitrogen and oxygen atoms in total. The van der Waals surface area contributed by atoms with E-state index in [1.54, 1.807) is 24.4 Å². The third-order valence-corrected chi connectivity index (χ3v) is 8.73. The lowest BCUT2D eigenvalue weighted by Crippen LogP contribution is -2.19. The van der Waals surface area contributed by atoms with Gasteiger partial charge in [0, 0.05) is 12.6 Å². The van der Waals surface area contributed by atoms with Gasteiger partial charge in [-0.1, -0.05) is 75.9 Å². The molecule has 4 N–H and O–H groups in total. The molecule has 1 aromatic heterocycles. The van der Waals surface area contributed by atoms with Crippen LogP contribution < -0.4 is 15.8 Å². The molecular weight excluding hydrogens is 586 g/mol. The zero-order valence-electron chi connectivity index (χ0n) is 28.9. The Kier molecular flexibility index (Phi) is 16.2. The van der Waals surface area contributed by atoms with Crippen molar-refractivity contribution in [2.24, 2.45) is 11.8 Å². The summed E-state index contributed by atoms with van der Waals surface area (Å²) in [7, 11) is 3.51. The van der Waals surface area contributed by atoms with Crippen LogP contribution in [0.1, 0.15) is 99.5 Å². The number of rotatable bonds is 22. The Labute approximate surface area is 282 Å². The largest absolute Gasteiger partial charge is 0.504 e. The molecule has 0 unspecified atom stereocenters. The zero-order valence-corrected chi connectivity index (χ0v) is 28.9. The van der Waals surface area contributed by atoms with E-state index in [2.05, 4.69) is 36.3 Å². The fourth-order valence-corrected chi connectivity index (χ4v) is 6.07. The number of hydrogen-bond donors (Lipinski definition) is 3. The predicted molar refractivity (Wildman–Crippen MR) is 193 cm³/mol. The minimum absolute atomic E-state index is 0.0169. The van der Waals surface area contributed by atoms with E-state index >= 15 is 0 Å². The van der Waals surface area contributed by atoms with Gasteiger partial charge in [0.05, 0.1) is 13.5 Å². The van der Waals surface area contributed by atoms with Crippen LogP contribution in [0.3, 0.4) is 0 Å². The van der Waals surface area contributed by atoms with Gasteiger partial charge in [0.15, 0.2) is 17.3 Å². The van der Waals surface area contributed by atoms with Crippen LogP contribution in [-0.2, 0) is 28.9 Å². The number of allylic oxidation sites excluding steroid dienone is 1. The van der Waals surface area contributed by atoms with Crippen LogP contribution >= 0.6 is 0 Å². The summed E-state index contributed by atoms with van der Waals surface area (Å²) in [5, 5.41) is 13.9. The number of Topliss-reactive ketones (excluding diaryl/α,β-unsaturated/α-hetero) is 1. The minimum Gasteiger partial charge on any atom is -0.504 e. The first-order valence-corrected chi connectivity index (χ1v) is 17.2. The number of anilines is 1. The van der Waals surface area contributed by atoms with Gasteiger partial charge in [0.2, 0.25) is 0 Å². The van der Waals surface area contributed by atoms with Crippen molar-refractivity contribution in [2.75, 3.05) is 26.4 Å². The number of benzene rings is 2. The van der Waals surface area contributed by atoms with Crippen molar-refractivity contribution in [3.05, 3.63) is 88.6 Å². The van der Waals surface area contributed by atoms with Crippen molar-refractivity contribution in [2.45, 2.75) is 90.9 Å². The molecule has 0 bridgehead atoms. The van der Waals surface area contributed by atoms with E-state index in [1.807, 2.05) is 31.3 Å². The molecule has 0 saturated carbocycles. The van der Waals surface area contributed by atoms with Crippen LogP contribution in [0.15, 0.2) is 60.8 Å². The summed E-state index contributed by atoms with van der Waals surface area (Å²) in [5.41, 5.74) is 10.9. The molecule has 0 amide bonds. The topological polar surface area (TPSA) is 115 Å². The summed E-state index contributed by atoms with van der Waals surface area (Å²) in [4.78, 5) is 29.8. The van der Waals surface area contributed by atoms with Crippen LogP contribution in [0.2, 0.25) is 0 Å². The maximum absolute atomic E-state index is 12.8. The van der Waals surface area contributed by atoms with E-state index in [9.17, 15) is 14.7 Å². The summed E-state index contributed by atoms with van der Waals surface area (Å²) in [5.74, 6) is 1.96. The minimum atomic E-state index is -0.232.